The molecule has 0 fully saturated rings. The predicted octanol–water partition coefficient (Wildman–Crippen LogP) is 4.75. The topological polar surface area (TPSA) is 29.1 Å². The smallest absolute Gasteiger partial charge is 0.248 e. The fraction of sp³-hybridized carbons (Fsp3) is 0.118. The van der Waals surface area contributed by atoms with E-state index in [2.05, 4.69) is 5.32 Å². The van der Waals surface area contributed by atoms with E-state index in [1.54, 1.807) is 6.07 Å². The third kappa shape index (κ3) is 3.70. The largest absolute Gasteiger partial charge is 0.322 e. The SMILES string of the molecule is Cc1cccc(C)c1NC(=O)/C=C/c1c(F)cccc1Cl. The van der Waals surface area contributed by atoms with Crippen molar-refractivity contribution in [2.24, 2.45) is 0 Å². The molecular weight excluding hydrogens is 289 g/mol. The van der Waals surface area contributed by atoms with Crippen molar-refractivity contribution < 1.29 is 9.18 Å². The van der Waals surface area contributed by atoms with E-state index in [1.807, 2.05) is 32.0 Å². The second-order valence-corrected chi connectivity index (χ2v) is 5.13. The molecule has 2 rings (SSSR count). The summed E-state index contributed by atoms with van der Waals surface area (Å²) in [4.78, 5) is 11.9. The van der Waals surface area contributed by atoms with E-state index in [0.717, 1.165) is 16.8 Å². The molecule has 1 amide bonds. The molecule has 0 aliphatic heterocycles. The Labute approximate surface area is 128 Å². The van der Waals surface area contributed by atoms with Gasteiger partial charge in [0.15, 0.2) is 0 Å². The van der Waals surface area contributed by atoms with Gasteiger partial charge in [0.25, 0.3) is 0 Å². The van der Waals surface area contributed by atoms with Crippen LogP contribution in [0.3, 0.4) is 0 Å². The number of rotatable bonds is 3. The molecule has 0 unspecified atom stereocenters. The number of hydrogen-bond acceptors (Lipinski definition) is 1. The zero-order valence-corrected chi connectivity index (χ0v) is 12.5. The number of aryl methyl sites for hydroxylation is 2. The minimum absolute atomic E-state index is 0.204. The van der Waals surface area contributed by atoms with Gasteiger partial charge in [-0.15, -0.1) is 0 Å². The summed E-state index contributed by atoms with van der Waals surface area (Å²) >= 11 is 5.90. The summed E-state index contributed by atoms with van der Waals surface area (Å²) in [5.74, 6) is -0.787. The number of nitrogens with one attached hydrogen (secondary N) is 1. The molecule has 0 bridgehead atoms. The normalized spacial score (nSPS) is 10.9. The van der Waals surface area contributed by atoms with E-state index < -0.39 is 5.82 Å². The first kappa shape index (κ1) is 15.3. The van der Waals surface area contributed by atoms with Crippen molar-refractivity contribution in [1.29, 1.82) is 0 Å². The minimum Gasteiger partial charge on any atom is -0.322 e. The van der Waals surface area contributed by atoms with Gasteiger partial charge in [-0.25, -0.2) is 4.39 Å². The highest BCUT2D eigenvalue weighted by molar-refractivity contribution is 6.32. The molecule has 0 spiro atoms. The third-order valence-electron chi connectivity index (χ3n) is 3.13. The highest BCUT2D eigenvalue weighted by atomic mass is 35.5. The molecule has 4 heteroatoms. The molecule has 0 heterocycles. The van der Waals surface area contributed by atoms with Crippen LogP contribution < -0.4 is 5.32 Å². The van der Waals surface area contributed by atoms with Gasteiger partial charge in [0, 0.05) is 17.3 Å². The maximum absolute atomic E-state index is 13.6. The van der Waals surface area contributed by atoms with Gasteiger partial charge >= 0.3 is 0 Å². The standard InChI is InChI=1S/C17H15ClFNO/c1-11-5-3-6-12(2)17(11)20-16(21)10-9-13-14(18)7-4-8-15(13)19/h3-10H,1-2H3,(H,20,21)/b10-9+. The van der Waals surface area contributed by atoms with Crippen LogP contribution in [-0.2, 0) is 4.79 Å². The molecular formula is C17H15ClFNO. The Morgan fingerprint density at radius 3 is 2.38 bits per heavy atom. The van der Waals surface area contributed by atoms with Crippen LogP contribution >= 0.6 is 11.6 Å². The van der Waals surface area contributed by atoms with Crippen LogP contribution in [0.15, 0.2) is 42.5 Å². The number of para-hydroxylation sites is 1. The Kier molecular flexibility index (Phi) is 4.76. The molecule has 2 aromatic rings. The van der Waals surface area contributed by atoms with Crippen LogP contribution in [0.2, 0.25) is 5.02 Å². The molecule has 0 saturated heterocycles. The highest BCUT2D eigenvalue weighted by Crippen LogP contribution is 2.21. The molecule has 1 N–H and O–H groups in total. The van der Waals surface area contributed by atoms with Crippen molar-refractivity contribution >= 4 is 29.3 Å². The van der Waals surface area contributed by atoms with Gasteiger partial charge in [0.2, 0.25) is 5.91 Å². The first-order chi connectivity index (χ1) is 9.99. The second kappa shape index (κ2) is 6.55. The number of halogens is 2. The first-order valence-corrected chi connectivity index (χ1v) is 6.86. The highest BCUT2D eigenvalue weighted by Gasteiger charge is 2.06. The third-order valence-corrected chi connectivity index (χ3v) is 3.46. The quantitative estimate of drug-likeness (QED) is 0.815. The van der Waals surface area contributed by atoms with Crippen molar-refractivity contribution in [1.82, 2.24) is 0 Å². The van der Waals surface area contributed by atoms with E-state index >= 15 is 0 Å². The fourth-order valence-corrected chi connectivity index (χ4v) is 2.23. The van der Waals surface area contributed by atoms with Crippen molar-refractivity contribution in [3.05, 3.63) is 70.0 Å². The summed E-state index contributed by atoms with van der Waals surface area (Å²) < 4.78 is 13.6. The molecule has 0 saturated carbocycles. The maximum atomic E-state index is 13.6. The second-order valence-electron chi connectivity index (χ2n) is 4.72. The number of anilines is 1. The minimum atomic E-state index is -0.460. The monoisotopic (exact) mass is 303 g/mol. The lowest BCUT2D eigenvalue weighted by molar-refractivity contribution is -0.111. The lowest BCUT2D eigenvalue weighted by atomic mass is 10.1. The number of hydrogen-bond donors (Lipinski definition) is 1. The number of carbonyl (C=O) groups excluding carboxylic acids is 1. The molecule has 0 aromatic heterocycles. The molecule has 2 nitrogen and oxygen atoms in total. The Morgan fingerprint density at radius 2 is 1.76 bits per heavy atom. The maximum Gasteiger partial charge on any atom is 0.248 e. The van der Waals surface area contributed by atoms with E-state index in [1.165, 1.54) is 24.3 Å². The number of amides is 1. The zero-order valence-electron chi connectivity index (χ0n) is 11.8. The van der Waals surface area contributed by atoms with Crippen LogP contribution in [0.1, 0.15) is 16.7 Å². The number of carbonyl (C=O) groups is 1. The van der Waals surface area contributed by atoms with Gasteiger partial charge in [0.05, 0.1) is 5.02 Å². The van der Waals surface area contributed by atoms with E-state index in [-0.39, 0.29) is 16.5 Å². The van der Waals surface area contributed by atoms with Crippen LogP contribution in [0, 0.1) is 19.7 Å². The van der Waals surface area contributed by atoms with Gasteiger partial charge in [-0.05, 0) is 43.2 Å². The first-order valence-electron chi connectivity index (χ1n) is 6.48. The summed E-state index contributed by atoms with van der Waals surface area (Å²) in [6, 6.07) is 10.2. The van der Waals surface area contributed by atoms with Crippen molar-refractivity contribution in [2.45, 2.75) is 13.8 Å². The Hall–Kier alpha value is -2.13. The van der Waals surface area contributed by atoms with Crippen LogP contribution in [0.25, 0.3) is 6.08 Å². The molecule has 0 radical (unpaired) electrons. The van der Waals surface area contributed by atoms with E-state index in [4.69, 9.17) is 11.6 Å². The van der Waals surface area contributed by atoms with Crippen molar-refractivity contribution in [2.75, 3.05) is 5.32 Å². The Balaban J connectivity index is 2.17. The zero-order chi connectivity index (χ0) is 15.4. The van der Waals surface area contributed by atoms with Gasteiger partial charge in [0.1, 0.15) is 5.82 Å². The van der Waals surface area contributed by atoms with Crippen LogP contribution in [0.5, 0.6) is 0 Å². The molecule has 2 aromatic carbocycles. The molecule has 0 aliphatic rings. The Morgan fingerprint density at radius 1 is 1.14 bits per heavy atom. The fourth-order valence-electron chi connectivity index (χ4n) is 2.01. The summed E-state index contributed by atoms with van der Waals surface area (Å²) in [6.45, 7) is 3.83. The van der Waals surface area contributed by atoms with Crippen LogP contribution in [-0.4, -0.2) is 5.91 Å². The molecule has 0 aliphatic carbocycles. The summed E-state index contributed by atoms with van der Waals surface area (Å²) in [5.41, 5.74) is 2.92. The van der Waals surface area contributed by atoms with Gasteiger partial charge in [-0.1, -0.05) is 35.9 Å². The average molecular weight is 304 g/mol. The van der Waals surface area contributed by atoms with Crippen molar-refractivity contribution in [3.63, 3.8) is 0 Å². The van der Waals surface area contributed by atoms with Gasteiger partial charge in [-0.2, -0.15) is 0 Å². The molecule has 0 atom stereocenters. The van der Waals surface area contributed by atoms with E-state index in [0.29, 0.717) is 0 Å². The lowest BCUT2D eigenvalue weighted by Crippen LogP contribution is -2.10. The molecule has 108 valence electrons. The van der Waals surface area contributed by atoms with Gasteiger partial charge < -0.3 is 5.32 Å². The lowest BCUT2D eigenvalue weighted by Gasteiger charge is -2.09. The predicted molar refractivity (Wildman–Crippen MR) is 85.0 cm³/mol. The number of benzene rings is 2. The summed E-state index contributed by atoms with van der Waals surface area (Å²) in [5, 5.41) is 3.07. The average Bonchev–Trinajstić information content (AvgIpc) is 2.42. The van der Waals surface area contributed by atoms with Gasteiger partial charge in [-0.3, -0.25) is 4.79 Å². The van der Waals surface area contributed by atoms with E-state index in [9.17, 15) is 9.18 Å². The van der Waals surface area contributed by atoms with Crippen LogP contribution in [0.4, 0.5) is 10.1 Å². The summed E-state index contributed by atoms with van der Waals surface area (Å²) in [7, 11) is 0. The Bertz CT molecular complexity index is 669. The van der Waals surface area contributed by atoms with Crippen molar-refractivity contribution in [3.8, 4) is 0 Å². The molecule has 21 heavy (non-hydrogen) atoms. The summed E-state index contributed by atoms with van der Waals surface area (Å²) in [6.07, 6.45) is 2.65.